The van der Waals surface area contributed by atoms with Crippen molar-refractivity contribution in [1.82, 2.24) is 9.71 Å². The molecule has 0 bridgehead atoms. The van der Waals surface area contributed by atoms with E-state index in [1.807, 2.05) is 6.92 Å². The van der Waals surface area contributed by atoms with Crippen molar-refractivity contribution in [3.63, 3.8) is 0 Å². The van der Waals surface area contributed by atoms with Gasteiger partial charge >= 0.3 is 0 Å². The maximum Gasteiger partial charge on any atom is 0.244 e. The van der Waals surface area contributed by atoms with Crippen LogP contribution in [0.2, 0.25) is 0 Å². The van der Waals surface area contributed by atoms with Crippen LogP contribution in [0.25, 0.3) is 0 Å². The third kappa shape index (κ3) is 3.95. The number of hydrogen-bond donors (Lipinski definition) is 2. The first-order valence-electron chi connectivity index (χ1n) is 5.27. The van der Waals surface area contributed by atoms with Crippen molar-refractivity contribution >= 4 is 15.7 Å². The number of aromatic nitrogens is 1. The van der Waals surface area contributed by atoms with Crippen molar-refractivity contribution < 1.29 is 13.2 Å². The summed E-state index contributed by atoms with van der Waals surface area (Å²) in [6, 6.07) is 1.13. The van der Waals surface area contributed by atoms with E-state index in [1.54, 1.807) is 6.92 Å². The first-order chi connectivity index (χ1) is 7.97. The maximum absolute atomic E-state index is 11.9. The zero-order valence-electron chi connectivity index (χ0n) is 9.88. The van der Waals surface area contributed by atoms with Crippen LogP contribution in [0.3, 0.4) is 0 Å². The Labute approximate surface area is 101 Å². The fourth-order valence-electron chi connectivity index (χ4n) is 1.27. The Morgan fingerprint density at radius 1 is 1.59 bits per heavy atom. The predicted octanol–water partition coefficient (Wildman–Crippen LogP) is 0.367. The van der Waals surface area contributed by atoms with E-state index in [4.69, 9.17) is 10.5 Å². The molecule has 0 spiro atoms. The summed E-state index contributed by atoms with van der Waals surface area (Å²) in [4.78, 5) is 3.74. The molecule has 0 aliphatic rings. The number of nitrogens with two attached hydrogens (primary N) is 1. The van der Waals surface area contributed by atoms with Gasteiger partial charge in [0, 0.05) is 25.0 Å². The van der Waals surface area contributed by atoms with Crippen molar-refractivity contribution in [2.45, 2.75) is 24.8 Å². The lowest BCUT2D eigenvalue weighted by molar-refractivity contribution is 0.133. The molecule has 0 radical (unpaired) electrons. The van der Waals surface area contributed by atoms with E-state index < -0.39 is 10.0 Å². The van der Waals surface area contributed by atoms with Crippen molar-refractivity contribution in [2.24, 2.45) is 0 Å². The van der Waals surface area contributed by atoms with Crippen LogP contribution in [0.4, 0.5) is 5.69 Å². The summed E-state index contributed by atoms with van der Waals surface area (Å²) in [5.74, 6) is 0. The highest BCUT2D eigenvalue weighted by Gasteiger charge is 2.20. The molecule has 6 nitrogen and oxygen atoms in total. The van der Waals surface area contributed by atoms with Crippen LogP contribution in [-0.4, -0.2) is 32.7 Å². The molecule has 17 heavy (non-hydrogen) atoms. The highest BCUT2D eigenvalue weighted by molar-refractivity contribution is 7.89. The van der Waals surface area contributed by atoms with Gasteiger partial charge in [-0.3, -0.25) is 4.98 Å². The Kier molecular flexibility index (Phi) is 4.86. The molecular formula is C10H17N3O3S. The number of sulfonamides is 1. The molecule has 7 heteroatoms. The summed E-state index contributed by atoms with van der Waals surface area (Å²) in [5, 5.41) is 0. The van der Waals surface area contributed by atoms with E-state index in [2.05, 4.69) is 9.71 Å². The number of nitrogens with zero attached hydrogens (tertiary/aromatic N) is 1. The summed E-state index contributed by atoms with van der Waals surface area (Å²) in [6.07, 6.45) is 2.67. The highest BCUT2D eigenvalue weighted by Crippen LogP contribution is 2.15. The van der Waals surface area contributed by atoms with E-state index in [-0.39, 0.29) is 16.6 Å². The van der Waals surface area contributed by atoms with Crippen LogP contribution in [0.5, 0.6) is 0 Å². The summed E-state index contributed by atoms with van der Waals surface area (Å²) in [7, 11) is -3.64. The van der Waals surface area contributed by atoms with Crippen LogP contribution in [-0.2, 0) is 14.8 Å². The fourth-order valence-corrected chi connectivity index (χ4v) is 2.57. The molecule has 96 valence electrons. The summed E-state index contributed by atoms with van der Waals surface area (Å²) in [5.41, 5.74) is 5.77. The van der Waals surface area contributed by atoms with Gasteiger partial charge in [0.25, 0.3) is 0 Å². The Bertz CT molecular complexity index is 462. The van der Waals surface area contributed by atoms with Gasteiger partial charge in [0.05, 0.1) is 12.3 Å². The smallest absolute Gasteiger partial charge is 0.244 e. The van der Waals surface area contributed by atoms with E-state index >= 15 is 0 Å². The van der Waals surface area contributed by atoms with E-state index in [0.29, 0.717) is 13.2 Å². The van der Waals surface area contributed by atoms with Gasteiger partial charge in [-0.1, -0.05) is 0 Å². The second-order valence-corrected chi connectivity index (χ2v) is 5.28. The minimum absolute atomic E-state index is 0.0108. The molecule has 0 amide bonds. The Balaban J connectivity index is 2.79. The van der Waals surface area contributed by atoms with E-state index in [1.165, 1.54) is 18.5 Å². The molecule has 0 fully saturated rings. The Morgan fingerprint density at radius 2 is 2.29 bits per heavy atom. The van der Waals surface area contributed by atoms with Gasteiger partial charge in [-0.2, -0.15) is 0 Å². The van der Waals surface area contributed by atoms with Crippen molar-refractivity contribution in [2.75, 3.05) is 18.9 Å². The van der Waals surface area contributed by atoms with E-state index in [0.717, 1.165) is 0 Å². The van der Waals surface area contributed by atoms with E-state index in [9.17, 15) is 8.42 Å². The van der Waals surface area contributed by atoms with Gasteiger partial charge in [-0.15, -0.1) is 0 Å². The molecule has 0 saturated carbocycles. The highest BCUT2D eigenvalue weighted by atomic mass is 32.2. The molecule has 1 aromatic heterocycles. The minimum atomic E-state index is -3.64. The van der Waals surface area contributed by atoms with Crippen molar-refractivity contribution in [3.8, 4) is 0 Å². The SMILES string of the molecule is CCOCC(C)NS(=O)(=O)c1cnccc1N. The number of pyridine rings is 1. The van der Waals surface area contributed by atoms with Crippen LogP contribution >= 0.6 is 0 Å². The van der Waals surface area contributed by atoms with Gasteiger partial charge in [0.1, 0.15) is 4.90 Å². The minimum Gasteiger partial charge on any atom is -0.398 e. The lowest BCUT2D eigenvalue weighted by Gasteiger charge is -2.14. The second kappa shape index (κ2) is 5.95. The van der Waals surface area contributed by atoms with Gasteiger partial charge < -0.3 is 10.5 Å². The molecule has 0 saturated heterocycles. The summed E-state index contributed by atoms with van der Waals surface area (Å²) in [6.45, 7) is 4.43. The number of hydrogen-bond acceptors (Lipinski definition) is 5. The number of nitrogens with one attached hydrogen (secondary N) is 1. The number of rotatable bonds is 6. The first kappa shape index (κ1) is 13.9. The molecule has 3 N–H and O–H groups in total. The predicted molar refractivity (Wildman–Crippen MR) is 64.9 cm³/mol. The normalized spacial score (nSPS) is 13.5. The number of anilines is 1. The molecular weight excluding hydrogens is 242 g/mol. The lowest BCUT2D eigenvalue weighted by atomic mass is 10.4. The second-order valence-electron chi connectivity index (χ2n) is 3.60. The lowest BCUT2D eigenvalue weighted by Crippen LogP contribution is -2.36. The summed E-state index contributed by atoms with van der Waals surface area (Å²) >= 11 is 0. The maximum atomic E-state index is 11.9. The molecule has 0 aromatic carbocycles. The quantitative estimate of drug-likeness (QED) is 0.769. The Hall–Kier alpha value is -1.18. The van der Waals surface area contributed by atoms with Crippen LogP contribution in [0, 0.1) is 0 Å². The monoisotopic (exact) mass is 259 g/mol. The van der Waals surface area contributed by atoms with Gasteiger partial charge in [0.15, 0.2) is 0 Å². The molecule has 0 aliphatic carbocycles. The zero-order chi connectivity index (χ0) is 12.9. The largest absolute Gasteiger partial charge is 0.398 e. The third-order valence-electron chi connectivity index (χ3n) is 2.03. The molecule has 1 unspecified atom stereocenters. The van der Waals surface area contributed by atoms with Crippen molar-refractivity contribution in [3.05, 3.63) is 18.5 Å². The molecule has 1 heterocycles. The van der Waals surface area contributed by atoms with Gasteiger partial charge in [-0.05, 0) is 19.9 Å². The zero-order valence-corrected chi connectivity index (χ0v) is 10.7. The number of ether oxygens (including phenoxy) is 1. The summed E-state index contributed by atoms with van der Waals surface area (Å²) < 4.78 is 31.5. The van der Waals surface area contributed by atoms with Crippen LogP contribution in [0.1, 0.15) is 13.8 Å². The average molecular weight is 259 g/mol. The molecule has 1 atom stereocenters. The topological polar surface area (TPSA) is 94.3 Å². The van der Waals surface area contributed by atoms with Crippen molar-refractivity contribution in [1.29, 1.82) is 0 Å². The van der Waals surface area contributed by atoms with Gasteiger partial charge in [0.2, 0.25) is 10.0 Å². The van der Waals surface area contributed by atoms with Crippen LogP contribution in [0.15, 0.2) is 23.4 Å². The van der Waals surface area contributed by atoms with Crippen LogP contribution < -0.4 is 10.5 Å². The molecule has 0 aliphatic heterocycles. The molecule has 1 rings (SSSR count). The Morgan fingerprint density at radius 3 is 2.88 bits per heavy atom. The third-order valence-corrected chi connectivity index (χ3v) is 3.67. The molecule has 1 aromatic rings. The first-order valence-corrected chi connectivity index (χ1v) is 6.75. The fraction of sp³-hybridized carbons (Fsp3) is 0.500. The standard InChI is InChI=1S/C10H17N3O3S/c1-3-16-7-8(2)13-17(14,15)10-6-12-5-4-9(10)11/h4-6,8,13H,3,7H2,1-2H3,(H2,11,12). The average Bonchev–Trinajstić information content (AvgIpc) is 2.26. The van der Waals surface area contributed by atoms with Gasteiger partial charge in [-0.25, -0.2) is 13.1 Å². The number of nitrogen functional groups attached to an aromatic ring is 1.